The first kappa shape index (κ1) is 12.0. The summed E-state index contributed by atoms with van der Waals surface area (Å²) in [4.78, 5) is 4.01. The van der Waals surface area contributed by atoms with Crippen LogP contribution in [0.2, 0.25) is 0 Å². The molecule has 6 heteroatoms. The lowest BCUT2D eigenvalue weighted by atomic mass is 9.93. The third-order valence-electron chi connectivity index (χ3n) is 3.24. The zero-order valence-corrected chi connectivity index (χ0v) is 10.6. The number of rotatable bonds is 4. The number of fused-ring (bicyclic) bond motifs is 1. The van der Waals surface area contributed by atoms with Gasteiger partial charge in [-0.1, -0.05) is 11.2 Å². The van der Waals surface area contributed by atoms with Crippen LogP contribution in [-0.4, -0.2) is 16.9 Å². The van der Waals surface area contributed by atoms with E-state index in [9.17, 15) is 0 Å². The number of nitrogens with zero attached hydrogens (tertiary/aromatic N) is 2. The van der Waals surface area contributed by atoms with E-state index < -0.39 is 5.54 Å². The molecule has 1 aliphatic heterocycles. The Labute approximate surface area is 110 Å². The summed E-state index contributed by atoms with van der Waals surface area (Å²) in [6.45, 7) is 2.18. The molecule has 0 saturated heterocycles. The largest absolute Gasteiger partial charge is 0.454 e. The molecule has 1 aromatic carbocycles. The average Bonchev–Trinajstić information content (AvgIpc) is 3.07. The fraction of sp³-hybridized carbons (Fsp3) is 0.385. The van der Waals surface area contributed by atoms with Crippen molar-refractivity contribution in [3.63, 3.8) is 0 Å². The second-order valence-electron chi connectivity index (χ2n) is 4.86. The molecule has 0 amide bonds. The van der Waals surface area contributed by atoms with Crippen molar-refractivity contribution >= 4 is 0 Å². The predicted molar refractivity (Wildman–Crippen MR) is 66.7 cm³/mol. The van der Waals surface area contributed by atoms with Gasteiger partial charge in [-0.25, -0.2) is 0 Å². The van der Waals surface area contributed by atoms with Crippen molar-refractivity contribution in [2.45, 2.75) is 25.3 Å². The summed E-state index contributed by atoms with van der Waals surface area (Å²) < 4.78 is 15.4. The third kappa shape index (κ3) is 2.39. The molecule has 2 heterocycles. The van der Waals surface area contributed by atoms with Gasteiger partial charge in [0.1, 0.15) is 0 Å². The molecule has 2 aromatic rings. The summed E-state index contributed by atoms with van der Waals surface area (Å²) in [5, 5.41) is 3.80. The SMILES string of the molecule is CC(N)(CCc1ccc2c(c1)OCO2)c1ncon1. The summed E-state index contributed by atoms with van der Waals surface area (Å²) in [6, 6.07) is 5.91. The summed E-state index contributed by atoms with van der Waals surface area (Å²) in [5.74, 6) is 2.10. The number of nitrogens with two attached hydrogens (primary N) is 1. The average molecular weight is 261 g/mol. The number of hydrogen-bond acceptors (Lipinski definition) is 6. The van der Waals surface area contributed by atoms with Crippen molar-refractivity contribution in [2.75, 3.05) is 6.79 Å². The Bertz CT molecular complexity index is 567. The topological polar surface area (TPSA) is 83.4 Å². The molecule has 0 spiro atoms. The predicted octanol–water partition coefficient (Wildman–Crippen LogP) is 1.61. The Hall–Kier alpha value is -2.08. The van der Waals surface area contributed by atoms with E-state index in [2.05, 4.69) is 10.1 Å². The van der Waals surface area contributed by atoms with Crippen LogP contribution >= 0.6 is 0 Å². The molecule has 1 aromatic heterocycles. The molecule has 0 saturated carbocycles. The second-order valence-corrected chi connectivity index (χ2v) is 4.86. The first-order chi connectivity index (χ1) is 9.15. The van der Waals surface area contributed by atoms with Gasteiger partial charge in [-0.15, -0.1) is 0 Å². The zero-order chi connectivity index (χ0) is 13.3. The highest BCUT2D eigenvalue weighted by Crippen LogP contribution is 2.33. The molecule has 1 atom stereocenters. The Morgan fingerprint density at radius 1 is 1.32 bits per heavy atom. The molecule has 0 bridgehead atoms. The van der Waals surface area contributed by atoms with Gasteiger partial charge in [-0.3, -0.25) is 0 Å². The molecule has 0 fully saturated rings. The Morgan fingerprint density at radius 2 is 2.16 bits per heavy atom. The maximum absolute atomic E-state index is 6.20. The number of benzene rings is 1. The first-order valence-electron chi connectivity index (χ1n) is 6.09. The fourth-order valence-electron chi connectivity index (χ4n) is 2.03. The van der Waals surface area contributed by atoms with Crippen molar-refractivity contribution in [3.05, 3.63) is 36.0 Å². The normalized spacial score (nSPS) is 16.3. The zero-order valence-electron chi connectivity index (χ0n) is 10.6. The molecule has 19 heavy (non-hydrogen) atoms. The number of ether oxygens (including phenoxy) is 2. The van der Waals surface area contributed by atoms with Crippen molar-refractivity contribution in [3.8, 4) is 11.5 Å². The number of aromatic nitrogens is 2. The van der Waals surface area contributed by atoms with E-state index >= 15 is 0 Å². The highest BCUT2D eigenvalue weighted by Gasteiger charge is 2.26. The van der Waals surface area contributed by atoms with Crippen LogP contribution in [0.4, 0.5) is 0 Å². The molecule has 3 rings (SSSR count). The van der Waals surface area contributed by atoms with Crippen LogP contribution in [0.5, 0.6) is 11.5 Å². The third-order valence-corrected chi connectivity index (χ3v) is 3.24. The van der Waals surface area contributed by atoms with Crippen LogP contribution < -0.4 is 15.2 Å². The van der Waals surface area contributed by atoms with Gasteiger partial charge in [-0.05, 0) is 37.5 Å². The molecular weight excluding hydrogens is 246 g/mol. The molecule has 0 aliphatic carbocycles. The van der Waals surface area contributed by atoms with Gasteiger partial charge in [-0.2, -0.15) is 4.98 Å². The maximum atomic E-state index is 6.20. The summed E-state index contributed by atoms with van der Waals surface area (Å²) in [5.41, 5.74) is 6.74. The first-order valence-corrected chi connectivity index (χ1v) is 6.09. The molecule has 2 N–H and O–H groups in total. The van der Waals surface area contributed by atoms with Gasteiger partial charge >= 0.3 is 0 Å². The lowest BCUT2D eigenvalue weighted by Gasteiger charge is -2.20. The van der Waals surface area contributed by atoms with E-state index in [1.807, 2.05) is 25.1 Å². The van der Waals surface area contributed by atoms with Crippen molar-refractivity contribution in [1.82, 2.24) is 10.1 Å². The highest BCUT2D eigenvalue weighted by molar-refractivity contribution is 5.44. The summed E-state index contributed by atoms with van der Waals surface area (Å²) >= 11 is 0. The second kappa shape index (κ2) is 4.55. The lowest BCUT2D eigenvalue weighted by Crippen LogP contribution is -2.34. The van der Waals surface area contributed by atoms with E-state index in [1.54, 1.807) is 0 Å². The standard InChI is InChI=1S/C13H15N3O3/c1-13(14,12-15-7-19-16-12)5-4-9-2-3-10-11(6-9)18-8-17-10/h2-3,6-7H,4-5,8,14H2,1H3. The van der Waals surface area contributed by atoms with Gasteiger partial charge in [0.15, 0.2) is 17.3 Å². The molecule has 6 nitrogen and oxygen atoms in total. The van der Waals surface area contributed by atoms with Crippen LogP contribution in [0.3, 0.4) is 0 Å². The van der Waals surface area contributed by atoms with E-state index in [0.29, 0.717) is 12.2 Å². The van der Waals surface area contributed by atoms with Gasteiger partial charge in [0.05, 0.1) is 5.54 Å². The molecule has 1 aliphatic rings. The van der Waals surface area contributed by atoms with Crippen LogP contribution in [0.15, 0.2) is 29.1 Å². The van der Waals surface area contributed by atoms with E-state index in [1.165, 1.54) is 6.39 Å². The summed E-state index contributed by atoms with van der Waals surface area (Å²) in [6.07, 6.45) is 2.81. The van der Waals surface area contributed by atoms with Crippen molar-refractivity contribution in [2.24, 2.45) is 5.73 Å². The molecular formula is C13H15N3O3. The van der Waals surface area contributed by atoms with Gasteiger partial charge in [0.2, 0.25) is 13.2 Å². The van der Waals surface area contributed by atoms with Gasteiger partial charge in [0, 0.05) is 0 Å². The van der Waals surface area contributed by atoms with Crippen molar-refractivity contribution in [1.29, 1.82) is 0 Å². The van der Waals surface area contributed by atoms with E-state index in [0.717, 1.165) is 23.5 Å². The Kier molecular flexibility index (Phi) is 2.87. The molecule has 0 radical (unpaired) electrons. The lowest BCUT2D eigenvalue weighted by molar-refractivity contribution is 0.174. The van der Waals surface area contributed by atoms with Crippen LogP contribution in [0, 0.1) is 0 Å². The maximum Gasteiger partial charge on any atom is 0.231 e. The number of aryl methyl sites for hydroxylation is 1. The van der Waals surface area contributed by atoms with Crippen LogP contribution in [0.1, 0.15) is 24.7 Å². The number of hydrogen-bond donors (Lipinski definition) is 1. The monoisotopic (exact) mass is 261 g/mol. The van der Waals surface area contributed by atoms with Gasteiger partial charge < -0.3 is 19.7 Å². The minimum absolute atomic E-state index is 0.288. The van der Waals surface area contributed by atoms with E-state index in [-0.39, 0.29) is 6.79 Å². The highest BCUT2D eigenvalue weighted by atomic mass is 16.7. The minimum Gasteiger partial charge on any atom is -0.454 e. The quantitative estimate of drug-likeness (QED) is 0.900. The summed E-state index contributed by atoms with van der Waals surface area (Å²) in [7, 11) is 0. The molecule has 100 valence electrons. The molecule has 1 unspecified atom stereocenters. The van der Waals surface area contributed by atoms with Crippen LogP contribution in [-0.2, 0) is 12.0 Å². The minimum atomic E-state index is -0.608. The van der Waals surface area contributed by atoms with Gasteiger partial charge in [0.25, 0.3) is 0 Å². The fourth-order valence-corrected chi connectivity index (χ4v) is 2.03. The van der Waals surface area contributed by atoms with Crippen LogP contribution in [0.25, 0.3) is 0 Å². The Morgan fingerprint density at radius 3 is 2.95 bits per heavy atom. The van der Waals surface area contributed by atoms with E-state index in [4.69, 9.17) is 19.7 Å². The van der Waals surface area contributed by atoms with Crippen molar-refractivity contribution < 1.29 is 14.0 Å². The smallest absolute Gasteiger partial charge is 0.231 e. The Balaban J connectivity index is 1.69.